The molecule has 1 N–H and O–H groups in total. The largest absolute Gasteiger partial charge is 0.384 e. The maximum absolute atomic E-state index is 12.9. The third kappa shape index (κ3) is 4.27. The van der Waals surface area contributed by atoms with Crippen molar-refractivity contribution in [1.82, 2.24) is 15.1 Å². The van der Waals surface area contributed by atoms with Gasteiger partial charge in [0, 0.05) is 44.1 Å². The molecule has 0 aromatic heterocycles. The average Bonchev–Trinajstić information content (AvgIpc) is 3.39. The second-order valence-electron chi connectivity index (χ2n) is 9.14. The van der Waals surface area contributed by atoms with Crippen LogP contribution in [-0.4, -0.2) is 74.7 Å². The summed E-state index contributed by atoms with van der Waals surface area (Å²) in [5, 5.41) is 3.82. The van der Waals surface area contributed by atoms with E-state index in [1.807, 2.05) is 0 Å². The summed E-state index contributed by atoms with van der Waals surface area (Å²) in [6, 6.07) is 11.5. The van der Waals surface area contributed by atoms with E-state index in [2.05, 4.69) is 52.5 Å². The van der Waals surface area contributed by atoms with Crippen molar-refractivity contribution in [2.24, 2.45) is 5.41 Å². The van der Waals surface area contributed by atoms with Crippen LogP contribution in [0.2, 0.25) is 0 Å². The third-order valence-corrected chi connectivity index (χ3v) is 7.15. The Bertz CT molecular complexity index is 657. The topological polar surface area (TPSA) is 44.8 Å². The van der Waals surface area contributed by atoms with Crippen LogP contribution in [-0.2, 0) is 9.53 Å². The fourth-order valence-electron chi connectivity index (χ4n) is 5.15. The number of hydrogen-bond acceptors (Lipinski definition) is 4. The van der Waals surface area contributed by atoms with Gasteiger partial charge in [-0.1, -0.05) is 30.3 Å². The maximum atomic E-state index is 12.9. The molecule has 1 aromatic carbocycles. The van der Waals surface area contributed by atoms with Gasteiger partial charge in [0.2, 0.25) is 5.91 Å². The molecule has 5 nitrogen and oxygen atoms in total. The van der Waals surface area contributed by atoms with E-state index >= 15 is 0 Å². The molecule has 154 valence electrons. The van der Waals surface area contributed by atoms with E-state index in [4.69, 9.17) is 4.74 Å². The van der Waals surface area contributed by atoms with Crippen LogP contribution in [0, 0.1) is 5.41 Å². The van der Waals surface area contributed by atoms with Crippen LogP contribution in [0.3, 0.4) is 0 Å². The highest BCUT2D eigenvalue weighted by Crippen LogP contribution is 2.42. The SMILES string of the molecule is COCC1(CNC2CC2c2ccccc2)CCN(C(=O)[C@@H]2CCCN2C)CC1. The number of nitrogens with zero attached hydrogens (tertiary/aromatic N) is 2. The minimum atomic E-state index is 0.103. The van der Waals surface area contributed by atoms with E-state index < -0.39 is 0 Å². The van der Waals surface area contributed by atoms with Crippen LogP contribution < -0.4 is 5.32 Å². The molecule has 0 radical (unpaired) electrons. The van der Waals surface area contributed by atoms with Gasteiger partial charge in [-0.05, 0) is 51.3 Å². The summed E-state index contributed by atoms with van der Waals surface area (Å²) in [7, 11) is 3.88. The molecule has 5 heteroatoms. The van der Waals surface area contributed by atoms with Crippen molar-refractivity contribution in [3.63, 3.8) is 0 Å². The van der Waals surface area contributed by atoms with Gasteiger partial charge in [-0.2, -0.15) is 0 Å². The fourth-order valence-corrected chi connectivity index (χ4v) is 5.15. The number of carbonyl (C=O) groups excluding carboxylic acids is 1. The molecule has 1 amide bonds. The minimum Gasteiger partial charge on any atom is -0.384 e. The molecule has 3 aliphatic rings. The number of likely N-dealkylation sites (N-methyl/N-ethyl adjacent to an activating group) is 1. The first-order valence-electron chi connectivity index (χ1n) is 10.9. The first-order chi connectivity index (χ1) is 13.6. The molecule has 1 aliphatic carbocycles. The lowest BCUT2D eigenvalue weighted by Gasteiger charge is -2.42. The molecule has 3 atom stereocenters. The van der Waals surface area contributed by atoms with E-state index in [1.165, 1.54) is 12.0 Å². The molecule has 0 spiro atoms. The number of amides is 1. The number of hydrogen-bond donors (Lipinski definition) is 1. The van der Waals surface area contributed by atoms with Gasteiger partial charge in [-0.25, -0.2) is 0 Å². The van der Waals surface area contributed by atoms with Gasteiger partial charge in [0.25, 0.3) is 0 Å². The second-order valence-corrected chi connectivity index (χ2v) is 9.14. The second kappa shape index (κ2) is 8.52. The van der Waals surface area contributed by atoms with Gasteiger partial charge in [0.1, 0.15) is 0 Å². The molecule has 2 heterocycles. The number of methoxy groups -OCH3 is 1. The normalized spacial score (nSPS) is 29.8. The lowest BCUT2D eigenvalue weighted by Crippen LogP contribution is -2.52. The summed E-state index contributed by atoms with van der Waals surface area (Å²) in [6.45, 7) is 4.53. The Morgan fingerprint density at radius 2 is 1.96 bits per heavy atom. The van der Waals surface area contributed by atoms with Crippen LogP contribution in [0.1, 0.15) is 43.6 Å². The number of benzene rings is 1. The molecule has 3 fully saturated rings. The standard InChI is InChI=1S/C23H35N3O2/c1-25-12-6-9-21(25)22(27)26-13-10-23(11-14-26,17-28-2)16-24-20-15-19(20)18-7-4-3-5-8-18/h3-5,7-8,19-21,24H,6,9-17H2,1-2H3/t19?,20?,21-/m0/s1. The number of nitrogens with one attached hydrogen (secondary N) is 1. The molecule has 1 aromatic rings. The van der Waals surface area contributed by atoms with Gasteiger partial charge in [-0.15, -0.1) is 0 Å². The molecule has 28 heavy (non-hydrogen) atoms. The zero-order valence-electron chi connectivity index (χ0n) is 17.4. The summed E-state index contributed by atoms with van der Waals surface area (Å²) in [5.41, 5.74) is 1.60. The van der Waals surface area contributed by atoms with E-state index in [9.17, 15) is 4.79 Å². The number of likely N-dealkylation sites (tertiary alicyclic amines) is 2. The quantitative estimate of drug-likeness (QED) is 0.783. The van der Waals surface area contributed by atoms with Crippen LogP contribution in [0.4, 0.5) is 0 Å². The molecular weight excluding hydrogens is 350 g/mol. The number of ether oxygens (including phenoxy) is 1. The Kier molecular flexibility index (Phi) is 6.04. The molecule has 2 saturated heterocycles. The fraction of sp³-hybridized carbons (Fsp3) is 0.696. The molecule has 1 saturated carbocycles. The van der Waals surface area contributed by atoms with Crippen molar-refractivity contribution in [2.75, 3.05) is 46.9 Å². The summed E-state index contributed by atoms with van der Waals surface area (Å²) in [4.78, 5) is 17.2. The first-order valence-corrected chi connectivity index (χ1v) is 10.9. The Morgan fingerprint density at radius 3 is 2.61 bits per heavy atom. The van der Waals surface area contributed by atoms with Crippen LogP contribution in [0.15, 0.2) is 30.3 Å². The molecular formula is C23H35N3O2. The zero-order chi connectivity index (χ0) is 19.6. The van der Waals surface area contributed by atoms with E-state index in [0.717, 1.165) is 58.5 Å². The Balaban J connectivity index is 1.29. The number of piperidine rings is 1. The summed E-state index contributed by atoms with van der Waals surface area (Å²) < 4.78 is 5.61. The van der Waals surface area contributed by atoms with Crippen molar-refractivity contribution >= 4 is 5.91 Å². The first kappa shape index (κ1) is 19.9. The molecule has 4 rings (SSSR count). The third-order valence-electron chi connectivity index (χ3n) is 7.15. The predicted octanol–water partition coefficient (Wildman–Crippen LogP) is 2.48. The van der Waals surface area contributed by atoms with E-state index in [0.29, 0.717) is 17.9 Å². The van der Waals surface area contributed by atoms with Gasteiger partial charge in [0.15, 0.2) is 0 Å². The highest BCUT2D eigenvalue weighted by molar-refractivity contribution is 5.82. The van der Waals surface area contributed by atoms with Gasteiger partial charge in [-0.3, -0.25) is 9.69 Å². The Hall–Kier alpha value is -1.43. The highest BCUT2D eigenvalue weighted by atomic mass is 16.5. The molecule has 2 aliphatic heterocycles. The van der Waals surface area contributed by atoms with Crippen LogP contribution >= 0.6 is 0 Å². The van der Waals surface area contributed by atoms with Crippen LogP contribution in [0.5, 0.6) is 0 Å². The van der Waals surface area contributed by atoms with Crippen molar-refractivity contribution in [2.45, 2.75) is 50.1 Å². The maximum Gasteiger partial charge on any atom is 0.239 e. The van der Waals surface area contributed by atoms with E-state index in [1.54, 1.807) is 7.11 Å². The smallest absolute Gasteiger partial charge is 0.239 e. The molecule has 2 unspecified atom stereocenters. The van der Waals surface area contributed by atoms with Gasteiger partial charge in [0.05, 0.1) is 12.6 Å². The summed E-state index contributed by atoms with van der Waals surface area (Å²) >= 11 is 0. The number of rotatable bonds is 7. The molecule has 0 bridgehead atoms. The lowest BCUT2D eigenvalue weighted by atomic mass is 9.78. The predicted molar refractivity (Wildman–Crippen MR) is 111 cm³/mol. The van der Waals surface area contributed by atoms with Crippen molar-refractivity contribution in [3.05, 3.63) is 35.9 Å². The summed E-state index contributed by atoms with van der Waals surface area (Å²) in [6.07, 6.45) is 5.44. The van der Waals surface area contributed by atoms with Crippen molar-refractivity contribution in [1.29, 1.82) is 0 Å². The average molecular weight is 386 g/mol. The lowest BCUT2D eigenvalue weighted by molar-refractivity contribution is -0.138. The van der Waals surface area contributed by atoms with Crippen LogP contribution in [0.25, 0.3) is 0 Å². The zero-order valence-corrected chi connectivity index (χ0v) is 17.4. The number of carbonyl (C=O) groups is 1. The Morgan fingerprint density at radius 1 is 1.21 bits per heavy atom. The van der Waals surface area contributed by atoms with Gasteiger partial charge < -0.3 is 15.0 Å². The summed E-state index contributed by atoms with van der Waals surface area (Å²) in [5.74, 6) is 0.991. The Labute approximate surface area is 169 Å². The van der Waals surface area contributed by atoms with Crippen molar-refractivity contribution < 1.29 is 9.53 Å². The van der Waals surface area contributed by atoms with E-state index in [-0.39, 0.29) is 11.5 Å². The minimum absolute atomic E-state index is 0.103. The van der Waals surface area contributed by atoms with Gasteiger partial charge >= 0.3 is 0 Å². The highest BCUT2D eigenvalue weighted by Gasteiger charge is 2.42. The monoisotopic (exact) mass is 385 g/mol. The van der Waals surface area contributed by atoms with Crippen molar-refractivity contribution in [3.8, 4) is 0 Å².